The fourth-order valence-corrected chi connectivity index (χ4v) is 4.14. The molecule has 2 N–H and O–H groups in total. The van der Waals surface area contributed by atoms with Crippen LogP contribution < -0.4 is 5.32 Å². The summed E-state index contributed by atoms with van der Waals surface area (Å²) in [6.45, 7) is 6.75. The monoisotopic (exact) mass is 360 g/mol. The summed E-state index contributed by atoms with van der Waals surface area (Å²) < 4.78 is 0. The topological polar surface area (TPSA) is 61.3 Å². The first kappa shape index (κ1) is 18.3. The first-order valence-corrected chi connectivity index (χ1v) is 10.0. The second kappa shape index (κ2) is 8.74. The van der Waals surface area contributed by atoms with Crippen LogP contribution in [0.2, 0.25) is 0 Å². The molecule has 1 aliphatic heterocycles. The lowest BCUT2D eigenvalue weighted by Gasteiger charge is -2.35. The van der Waals surface area contributed by atoms with Crippen molar-refractivity contribution in [3.63, 3.8) is 0 Å². The van der Waals surface area contributed by atoms with Crippen LogP contribution in [0.25, 0.3) is 0 Å². The van der Waals surface area contributed by atoms with Gasteiger partial charge in [-0.25, -0.2) is 9.97 Å². The van der Waals surface area contributed by atoms with Crippen molar-refractivity contribution in [3.05, 3.63) is 35.0 Å². The lowest BCUT2D eigenvalue weighted by Crippen LogP contribution is -2.40. The van der Waals surface area contributed by atoms with Gasteiger partial charge < -0.3 is 15.3 Å². The third kappa shape index (κ3) is 5.23. The maximum Gasteiger partial charge on any atom is 0.188 e. The van der Waals surface area contributed by atoms with Gasteiger partial charge in [0, 0.05) is 23.7 Å². The molecule has 0 aliphatic carbocycles. The van der Waals surface area contributed by atoms with Crippen LogP contribution in [0.1, 0.15) is 37.6 Å². The van der Waals surface area contributed by atoms with Gasteiger partial charge in [0.25, 0.3) is 0 Å². The average molecular weight is 361 g/mol. The fraction of sp³-hybridized carbons (Fsp3) is 0.579. The molecule has 0 amide bonds. The first-order chi connectivity index (χ1) is 12.1. The zero-order valence-electron chi connectivity index (χ0n) is 15.1. The third-order valence-electron chi connectivity index (χ3n) is 4.98. The number of anilines is 2. The molecule has 25 heavy (non-hydrogen) atoms. The molecule has 136 valence electrons. The van der Waals surface area contributed by atoms with Crippen LogP contribution in [0.5, 0.6) is 0 Å². The lowest BCUT2D eigenvalue weighted by molar-refractivity contribution is 0.119. The smallest absolute Gasteiger partial charge is 0.188 e. The number of hydrogen-bond donors (Lipinski definition) is 2. The van der Waals surface area contributed by atoms with Gasteiger partial charge in [0.1, 0.15) is 5.82 Å². The molecule has 1 atom stereocenters. The Hall–Kier alpha value is -1.50. The third-order valence-corrected chi connectivity index (χ3v) is 5.85. The number of nitrogens with one attached hydrogen (secondary N) is 1. The van der Waals surface area contributed by atoms with E-state index in [-0.39, 0.29) is 6.61 Å². The molecule has 1 fully saturated rings. The quantitative estimate of drug-likeness (QED) is 0.790. The van der Waals surface area contributed by atoms with Gasteiger partial charge in [-0.3, -0.25) is 0 Å². The van der Waals surface area contributed by atoms with Crippen LogP contribution in [-0.4, -0.2) is 45.7 Å². The molecule has 3 heterocycles. The van der Waals surface area contributed by atoms with Crippen LogP contribution in [0.15, 0.2) is 23.6 Å². The van der Waals surface area contributed by atoms with Gasteiger partial charge in [0.2, 0.25) is 0 Å². The Morgan fingerprint density at radius 1 is 1.32 bits per heavy atom. The van der Waals surface area contributed by atoms with Crippen LogP contribution in [0.3, 0.4) is 0 Å². The van der Waals surface area contributed by atoms with Gasteiger partial charge in [-0.1, -0.05) is 6.07 Å². The number of aliphatic hydroxyl groups is 1. The number of rotatable bonds is 7. The number of nitrogens with zero attached hydrogens (tertiary/aromatic N) is 3. The molecule has 2 aromatic rings. The van der Waals surface area contributed by atoms with Gasteiger partial charge in [0.15, 0.2) is 5.13 Å². The normalized spacial score (nSPS) is 17.6. The molecule has 0 saturated carbocycles. The van der Waals surface area contributed by atoms with E-state index in [1.807, 2.05) is 18.4 Å². The number of thiazole rings is 1. The van der Waals surface area contributed by atoms with E-state index >= 15 is 0 Å². The average Bonchev–Trinajstić information content (AvgIpc) is 3.01. The number of aryl methyl sites for hydroxylation is 1. The highest BCUT2D eigenvalue weighted by Gasteiger charge is 2.22. The Morgan fingerprint density at radius 2 is 2.12 bits per heavy atom. The summed E-state index contributed by atoms with van der Waals surface area (Å²) in [5, 5.41) is 15.3. The van der Waals surface area contributed by atoms with Crippen LogP contribution in [0.4, 0.5) is 10.9 Å². The number of aliphatic hydroxyl groups excluding tert-OH is 1. The molecule has 0 unspecified atom stereocenters. The van der Waals surface area contributed by atoms with Crippen LogP contribution >= 0.6 is 11.3 Å². The largest absolute Gasteiger partial charge is 0.396 e. The minimum absolute atomic E-state index is 0.281. The van der Waals surface area contributed by atoms with Gasteiger partial charge >= 0.3 is 0 Å². The number of hydrogen-bond acceptors (Lipinski definition) is 6. The van der Waals surface area contributed by atoms with Gasteiger partial charge in [0.05, 0.1) is 5.69 Å². The van der Waals surface area contributed by atoms with Crippen molar-refractivity contribution in [1.82, 2.24) is 14.9 Å². The van der Waals surface area contributed by atoms with Crippen molar-refractivity contribution in [3.8, 4) is 0 Å². The van der Waals surface area contributed by atoms with Crippen molar-refractivity contribution in [2.75, 3.05) is 25.0 Å². The number of aromatic nitrogens is 2. The summed E-state index contributed by atoms with van der Waals surface area (Å²) in [5.74, 6) is 1.57. The molecule has 1 saturated heterocycles. The van der Waals surface area contributed by atoms with Gasteiger partial charge in [-0.05, 0) is 70.7 Å². The summed E-state index contributed by atoms with van der Waals surface area (Å²) in [6.07, 6.45) is 4.33. The molecule has 0 aromatic carbocycles. The highest BCUT2D eigenvalue weighted by Crippen LogP contribution is 2.24. The summed E-state index contributed by atoms with van der Waals surface area (Å²) >= 11 is 1.61. The Morgan fingerprint density at radius 3 is 2.80 bits per heavy atom. The molecule has 0 bridgehead atoms. The summed E-state index contributed by atoms with van der Waals surface area (Å²) in [6, 6.07) is 6.68. The van der Waals surface area contributed by atoms with E-state index in [0.29, 0.717) is 12.0 Å². The highest BCUT2D eigenvalue weighted by atomic mass is 32.1. The zero-order chi connectivity index (χ0) is 17.6. The van der Waals surface area contributed by atoms with Crippen molar-refractivity contribution in [2.24, 2.45) is 5.92 Å². The maximum absolute atomic E-state index is 9.10. The lowest BCUT2D eigenvalue weighted by atomic mass is 9.91. The van der Waals surface area contributed by atoms with Crippen molar-refractivity contribution in [2.45, 2.75) is 45.6 Å². The van der Waals surface area contributed by atoms with Crippen molar-refractivity contribution < 1.29 is 5.11 Å². The minimum Gasteiger partial charge on any atom is -0.396 e. The number of likely N-dealkylation sites (tertiary alicyclic amines) is 1. The van der Waals surface area contributed by atoms with E-state index in [0.717, 1.165) is 48.3 Å². The summed E-state index contributed by atoms with van der Waals surface area (Å²) in [5.41, 5.74) is 2.19. The van der Waals surface area contributed by atoms with E-state index in [2.05, 4.69) is 34.3 Å². The van der Waals surface area contributed by atoms with E-state index in [1.165, 1.54) is 12.8 Å². The first-order valence-electron chi connectivity index (χ1n) is 9.14. The predicted molar refractivity (Wildman–Crippen MR) is 104 cm³/mol. The number of piperidine rings is 1. The van der Waals surface area contributed by atoms with Crippen LogP contribution in [-0.2, 0) is 6.42 Å². The molecule has 2 aromatic heterocycles. The zero-order valence-corrected chi connectivity index (χ0v) is 15.9. The second-order valence-corrected chi connectivity index (χ2v) is 7.84. The number of pyridine rings is 1. The fourth-order valence-electron chi connectivity index (χ4n) is 3.45. The molecule has 5 nitrogen and oxygen atoms in total. The van der Waals surface area contributed by atoms with Gasteiger partial charge in [-0.2, -0.15) is 0 Å². The second-order valence-electron chi connectivity index (χ2n) is 6.98. The maximum atomic E-state index is 9.10. The Balaban J connectivity index is 1.53. The molecule has 0 radical (unpaired) electrons. The Bertz CT molecular complexity index is 667. The Kier molecular flexibility index (Phi) is 6.39. The van der Waals surface area contributed by atoms with E-state index in [4.69, 9.17) is 10.1 Å². The van der Waals surface area contributed by atoms with E-state index < -0.39 is 0 Å². The SMILES string of the molecule is Cc1csc(Nc2cccc(CC3CCN([C@@H](C)CCO)CC3)n2)n1. The van der Waals surface area contributed by atoms with Crippen LogP contribution in [0, 0.1) is 12.8 Å². The molecular weight excluding hydrogens is 332 g/mol. The van der Waals surface area contributed by atoms with E-state index in [1.54, 1.807) is 11.3 Å². The van der Waals surface area contributed by atoms with Crippen molar-refractivity contribution in [1.29, 1.82) is 0 Å². The van der Waals surface area contributed by atoms with Gasteiger partial charge in [-0.15, -0.1) is 11.3 Å². The predicted octanol–water partition coefficient (Wildman–Crippen LogP) is 3.62. The summed E-state index contributed by atoms with van der Waals surface area (Å²) in [7, 11) is 0. The molecule has 3 rings (SSSR count). The molecule has 0 spiro atoms. The highest BCUT2D eigenvalue weighted by molar-refractivity contribution is 7.13. The minimum atomic E-state index is 0.281. The summed E-state index contributed by atoms with van der Waals surface area (Å²) in [4.78, 5) is 11.7. The molecule has 6 heteroatoms. The van der Waals surface area contributed by atoms with E-state index in [9.17, 15) is 0 Å². The molecule has 1 aliphatic rings. The standard InChI is InChI=1S/C19H28N4OS/c1-14-13-25-19(20-14)22-18-5-3-4-17(21-18)12-16-6-9-23(10-7-16)15(2)8-11-24/h3-5,13,15-16,24H,6-12H2,1-2H3,(H,20,21,22)/t15-/m0/s1. The van der Waals surface area contributed by atoms with Crippen molar-refractivity contribution >= 4 is 22.3 Å². The molecular formula is C19H28N4OS. The Labute approximate surface area is 154 Å².